The molecule has 3 atom stereocenters. The molecule has 0 aromatic carbocycles. The lowest BCUT2D eigenvalue weighted by molar-refractivity contribution is -0.870. The van der Waals surface area contributed by atoms with Crippen LogP contribution in [0, 0.1) is 0 Å². The fourth-order valence-electron chi connectivity index (χ4n) is 9.40. The summed E-state index contributed by atoms with van der Waals surface area (Å²) in [6, 6.07) is -0.904. The van der Waals surface area contributed by atoms with E-state index in [0.717, 1.165) is 38.5 Å². The molecule has 0 aliphatic carbocycles. The molecule has 8 nitrogen and oxygen atoms in total. The lowest BCUT2D eigenvalue weighted by Crippen LogP contribution is -2.45. The highest BCUT2D eigenvalue weighted by molar-refractivity contribution is 7.45. The van der Waals surface area contributed by atoms with Crippen molar-refractivity contribution in [1.29, 1.82) is 0 Å². The van der Waals surface area contributed by atoms with Crippen LogP contribution >= 0.6 is 7.82 Å². The molecule has 2 N–H and O–H groups in total. The van der Waals surface area contributed by atoms with Gasteiger partial charge in [-0.3, -0.25) is 9.36 Å². The molecule has 0 aliphatic heterocycles. The van der Waals surface area contributed by atoms with Gasteiger partial charge in [-0.25, -0.2) is 0 Å². The summed E-state index contributed by atoms with van der Waals surface area (Å²) >= 11 is 0. The molecule has 0 saturated heterocycles. The van der Waals surface area contributed by atoms with Gasteiger partial charge in [-0.2, -0.15) is 0 Å². The minimum atomic E-state index is -4.61. The van der Waals surface area contributed by atoms with Crippen molar-refractivity contribution in [3.8, 4) is 0 Å². The summed E-state index contributed by atoms with van der Waals surface area (Å²) in [6.45, 7) is 4.67. The highest BCUT2D eigenvalue weighted by Gasteiger charge is 2.23. The van der Waals surface area contributed by atoms with Crippen molar-refractivity contribution in [3.63, 3.8) is 0 Å². The second-order valence-electron chi connectivity index (χ2n) is 22.8. The van der Waals surface area contributed by atoms with Gasteiger partial charge in [0.05, 0.1) is 39.9 Å². The Kier molecular flexibility index (Phi) is 53.5. The predicted molar refractivity (Wildman–Crippen MR) is 311 cm³/mol. The Hall–Kier alpha value is -1.28. The fraction of sp³-hybridized carbons (Fsp3) is 0.889. The molecule has 0 spiro atoms. The van der Waals surface area contributed by atoms with Crippen LogP contribution in [0.25, 0.3) is 0 Å². The first-order chi connectivity index (χ1) is 35.0. The SMILES string of the molecule is CCCCCCCCCCCCCC/C=C\CCCCCCCCCCCCC(=O)NC(COP(=O)([O-])OCC[N+](C)(C)C)C(O)/C=C/CC/C=C/CCCCCCCCCCCCCCCCCCCC. The molecule has 0 aromatic rings. The van der Waals surface area contributed by atoms with E-state index in [1.165, 1.54) is 250 Å². The molecule has 9 heteroatoms. The molecular formula is C63H123N2O6P. The topological polar surface area (TPSA) is 108 Å². The number of unbranched alkanes of at least 4 members (excludes halogenated alkanes) is 41. The minimum absolute atomic E-state index is 0.00571. The molecule has 1 amide bonds. The molecule has 0 aromatic heterocycles. The number of hydrogen-bond donors (Lipinski definition) is 2. The first kappa shape index (κ1) is 70.7. The lowest BCUT2D eigenvalue weighted by Gasteiger charge is -2.29. The molecule has 0 fully saturated rings. The molecule has 0 bridgehead atoms. The third-order valence-electron chi connectivity index (χ3n) is 14.3. The zero-order chi connectivity index (χ0) is 52.7. The average Bonchev–Trinajstić information content (AvgIpc) is 3.34. The van der Waals surface area contributed by atoms with E-state index in [0.29, 0.717) is 17.4 Å². The summed E-state index contributed by atoms with van der Waals surface area (Å²) in [5.41, 5.74) is 0. The van der Waals surface area contributed by atoms with Crippen LogP contribution in [0.5, 0.6) is 0 Å². The maximum atomic E-state index is 13.0. The Morgan fingerprint density at radius 2 is 0.778 bits per heavy atom. The van der Waals surface area contributed by atoms with Gasteiger partial charge in [0, 0.05) is 6.42 Å². The minimum Gasteiger partial charge on any atom is -0.756 e. The number of carbonyl (C=O) groups is 1. The van der Waals surface area contributed by atoms with Gasteiger partial charge in [-0.15, -0.1) is 0 Å². The number of aliphatic hydroxyl groups excluding tert-OH is 1. The smallest absolute Gasteiger partial charge is 0.268 e. The average molecular weight is 1040 g/mol. The van der Waals surface area contributed by atoms with Gasteiger partial charge < -0.3 is 28.8 Å². The summed E-state index contributed by atoms with van der Waals surface area (Å²) < 4.78 is 23.4. The van der Waals surface area contributed by atoms with E-state index in [2.05, 4.69) is 43.5 Å². The number of nitrogens with one attached hydrogen (secondary N) is 1. The van der Waals surface area contributed by atoms with Crippen LogP contribution in [0.15, 0.2) is 36.5 Å². The highest BCUT2D eigenvalue weighted by atomic mass is 31.2. The van der Waals surface area contributed by atoms with Crippen molar-refractivity contribution in [3.05, 3.63) is 36.5 Å². The van der Waals surface area contributed by atoms with Gasteiger partial charge in [0.25, 0.3) is 7.82 Å². The Balaban J connectivity index is 4.18. The van der Waals surface area contributed by atoms with Gasteiger partial charge in [0.2, 0.25) is 5.91 Å². The van der Waals surface area contributed by atoms with Crippen molar-refractivity contribution >= 4 is 13.7 Å². The van der Waals surface area contributed by atoms with Crippen molar-refractivity contribution < 1.29 is 32.9 Å². The van der Waals surface area contributed by atoms with Crippen LogP contribution in [-0.2, 0) is 18.4 Å². The van der Waals surface area contributed by atoms with E-state index >= 15 is 0 Å². The van der Waals surface area contributed by atoms with Crippen LogP contribution in [0.1, 0.15) is 309 Å². The maximum Gasteiger partial charge on any atom is 0.268 e. The van der Waals surface area contributed by atoms with Gasteiger partial charge >= 0.3 is 0 Å². The molecule has 0 saturated carbocycles. The van der Waals surface area contributed by atoms with E-state index in [4.69, 9.17) is 9.05 Å². The first-order valence-electron chi connectivity index (χ1n) is 31.4. The number of amides is 1. The largest absolute Gasteiger partial charge is 0.756 e. The van der Waals surface area contributed by atoms with E-state index < -0.39 is 26.6 Å². The van der Waals surface area contributed by atoms with Crippen LogP contribution < -0.4 is 10.2 Å². The van der Waals surface area contributed by atoms with Crippen molar-refractivity contribution in [1.82, 2.24) is 5.32 Å². The summed E-state index contributed by atoms with van der Waals surface area (Å²) in [5.74, 6) is -0.204. The van der Waals surface area contributed by atoms with Crippen molar-refractivity contribution in [2.24, 2.45) is 0 Å². The molecule has 0 heterocycles. The molecule has 0 aliphatic rings. The van der Waals surface area contributed by atoms with E-state index in [1.807, 2.05) is 27.2 Å². The Morgan fingerprint density at radius 3 is 1.12 bits per heavy atom. The summed E-state index contributed by atoms with van der Waals surface area (Å²) in [7, 11) is 1.25. The van der Waals surface area contributed by atoms with Gasteiger partial charge in [-0.05, 0) is 57.8 Å². The van der Waals surface area contributed by atoms with Crippen LogP contribution in [-0.4, -0.2) is 68.5 Å². The number of carbonyl (C=O) groups excluding carboxylic acids is 1. The van der Waals surface area contributed by atoms with Crippen molar-refractivity contribution in [2.75, 3.05) is 40.9 Å². The fourth-order valence-corrected chi connectivity index (χ4v) is 10.1. The van der Waals surface area contributed by atoms with Gasteiger partial charge in [0.1, 0.15) is 13.2 Å². The summed E-state index contributed by atoms with van der Waals surface area (Å²) in [6.07, 6.45) is 71.0. The van der Waals surface area contributed by atoms with Crippen molar-refractivity contribution in [2.45, 2.75) is 321 Å². The quantitative estimate of drug-likeness (QED) is 0.0272. The van der Waals surface area contributed by atoms with Gasteiger partial charge in [-0.1, -0.05) is 281 Å². The number of allylic oxidation sites excluding steroid dienone is 5. The van der Waals surface area contributed by atoms with E-state index in [1.54, 1.807) is 6.08 Å². The van der Waals surface area contributed by atoms with E-state index in [-0.39, 0.29) is 12.5 Å². The highest BCUT2D eigenvalue weighted by Crippen LogP contribution is 2.38. The predicted octanol–water partition coefficient (Wildman–Crippen LogP) is 18.7. The zero-order valence-corrected chi connectivity index (χ0v) is 49.5. The third kappa shape index (κ3) is 56.4. The number of rotatable bonds is 58. The second kappa shape index (κ2) is 54.5. The number of likely N-dealkylation sites (N-methyl/N-ethyl adjacent to an activating group) is 1. The Morgan fingerprint density at radius 1 is 0.472 bits per heavy atom. The molecule has 72 heavy (non-hydrogen) atoms. The second-order valence-corrected chi connectivity index (χ2v) is 24.2. The maximum absolute atomic E-state index is 13.0. The normalized spacial score (nSPS) is 14.0. The number of phosphoric ester groups is 1. The molecule has 3 unspecified atom stereocenters. The molecule has 0 rings (SSSR count). The standard InChI is InChI=1S/C63H123N2O6P/c1-6-8-10-12-14-16-18-20-22-24-26-28-30-32-33-35-37-39-41-43-45-47-49-51-53-55-57-63(67)64-61(60-71-72(68,69)70-59-58-65(3,4)5)62(66)56-54-52-50-48-46-44-42-40-38-36-34-31-29-27-25-23-21-19-17-15-13-11-9-7-2/h32-33,46,48,54,56,61-62,66H,6-31,34-45,47,49-53,55,57-60H2,1-5H3,(H-,64,67,68,69)/b33-32-,48-46+,56-54+. The van der Waals surface area contributed by atoms with E-state index in [9.17, 15) is 19.4 Å². The first-order valence-corrected chi connectivity index (χ1v) is 32.8. The summed E-state index contributed by atoms with van der Waals surface area (Å²) in [4.78, 5) is 25.5. The van der Waals surface area contributed by atoms with Crippen LogP contribution in [0.4, 0.5) is 0 Å². The molecule has 426 valence electrons. The summed E-state index contributed by atoms with van der Waals surface area (Å²) in [5, 5.41) is 13.9. The monoisotopic (exact) mass is 1030 g/mol. The number of nitrogens with zero attached hydrogens (tertiary/aromatic N) is 1. The Bertz CT molecular complexity index is 1270. The van der Waals surface area contributed by atoms with Crippen LogP contribution in [0.2, 0.25) is 0 Å². The number of phosphoric acid groups is 1. The molecule has 0 radical (unpaired) electrons. The lowest BCUT2D eigenvalue weighted by atomic mass is 10.0. The molecular weight excluding hydrogens is 912 g/mol. The number of quaternary nitrogens is 1. The van der Waals surface area contributed by atoms with Crippen LogP contribution in [0.3, 0.4) is 0 Å². The zero-order valence-electron chi connectivity index (χ0n) is 48.6. The van der Waals surface area contributed by atoms with Gasteiger partial charge in [0.15, 0.2) is 0 Å². The Labute approximate surface area is 448 Å². The number of aliphatic hydroxyl groups is 1. The third-order valence-corrected chi connectivity index (χ3v) is 15.3. The number of hydrogen-bond acceptors (Lipinski definition) is 6.